The second-order valence-corrected chi connectivity index (χ2v) is 4.90. The van der Waals surface area contributed by atoms with Crippen molar-refractivity contribution in [2.24, 2.45) is 0 Å². The molecule has 110 valence electrons. The highest BCUT2D eigenvalue weighted by atomic mass is 16.5. The van der Waals surface area contributed by atoms with Gasteiger partial charge in [0.1, 0.15) is 0 Å². The Hall–Kier alpha value is -1.57. The van der Waals surface area contributed by atoms with Crippen LogP contribution in [0, 0.1) is 0 Å². The largest absolute Gasteiger partial charge is 0.466 e. The predicted molar refractivity (Wildman–Crippen MR) is 83.6 cm³/mol. The van der Waals surface area contributed by atoms with Gasteiger partial charge in [-0.25, -0.2) is 0 Å². The number of carbonyl (C=O) groups excluding carboxylic acids is 1. The first-order valence-corrected chi connectivity index (χ1v) is 7.67. The number of aryl methyl sites for hydroxylation is 1. The Kier molecular flexibility index (Phi) is 9.29. The molecule has 1 rings (SSSR count). The van der Waals surface area contributed by atoms with Crippen molar-refractivity contribution in [3.8, 4) is 0 Å². The van der Waals surface area contributed by atoms with Crippen molar-refractivity contribution in [1.82, 2.24) is 0 Å². The van der Waals surface area contributed by atoms with Gasteiger partial charge in [-0.2, -0.15) is 0 Å². The standard InChI is InChI=1S/C18H26O2/c1-2-20-18(19)16-12-7-5-3-4-6-9-13-17-14-10-8-11-15-17/h3-4,8,10-11,14-15H,2,5-7,9,12-13,16H2,1H3/b4-3+. The summed E-state index contributed by atoms with van der Waals surface area (Å²) in [6, 6.07) is 10.6. The van der Waals surface area contributed by atoms with E-state index in [0.717, 1.165) is 32.1 Å². The van der Waals surface area contributed by atoms with Gasteiger partial charge in [0.2, 0.25) is 0 Å². The van der Waals surface area contributed by atoms with Gasteiger partial charge in [-0.15, -0.1) is 0 Å². The minimum atomic E-state index is -0.0701. The van der Waals surface area contributed by atoms with Crippen molar-refractivity contribution in [1.29, 1.82) is 0 Å². The topological polar surface area (TPSA) is 26.3 Å². The lowest BCUT2D eigenvalue weighted by molar-refractivity contribution is -0.143. The van der Waals surface area contributed by atoms with E-state index in [2.05, 4.69) is 42.5 Å². The number of esters is 1. The van der Waals surface area contributed by atoms with Crippen molar-refractivity contribution in [3.63, 3.8) is 0 Å². The molecule has 0 aliphatic heterocycles. The number of carbonyl (C=O) groups is 1. The maximum absolute atomic E-state index is 11.1. The number of benzene rings is 1. The minimum Gasteiger partial charge on any atom is -0.466 e. The third kappa shape index (κ3) is 8.52. The summed E-state index contributed by atoms with van der Waals surface area (Å²) >= 11 is 0. The summed E-state index contributed by atoms with van der Waals surface area (Å²) in [5.74, 6) is -0.0701. The van der Waals surface area contributed by atoms with Crippen molar-refractivity contribution in [2.75, 3.05) is 6.61 Å². The van der Waals surface area contributed by atoms with E-state index < -0.39 is 0 Å². The van der Waals surface area contributed by atoms with Crippen LogP contribution >= 0.6 is 0 Å². The molecule has 0 bridgehead atoms. The fraction of sp³-hybridized carbons (Fsp3) is 0.500. The Morgan fingerprint density at radius 1 is 1.05 bits per heavy atom. The fourth-order valence-electron chi connectivity index (χ4n) is 2.07. The van der Waals surface area contributed by atoms with E-state index in [1.807, 2.05) is 6.92 Å². The van der Waals surface area contributed by atoms with E-state index in [0.29, 0.717) is 13.0 Å². The summed E-state index contributed by atoms with van der Waals surface area (Å²) in [6.45, 7) is 2.33. The van der Waals surface area contributed by atoms with Crippen LogP contribution in [0.1, 0.15) is 51.0 Å². The number of rotatable bonds is 10. The molecule has 2 nitrogen and oxygen atoms in total. The van der Waals surface area contributed by atoms with Crippen LogP contribution in [0.25, 0.3) is 0 Å². The molecule has 0 fully saturated rings. The van der Waals surface area contributed by atoms with Gasteiger partial charge in [0.25, 0.3) is 0 Å². The quantitative estimate of drug-likeness (QED) is 0.351. The van der Waals surface area contributed by atoms with Crippen molar-refractivity contribution >= 4 is 5.97 Å². The van der Waals surface area contributed by atoms with Crippen LogP contribution in [0.4, 0.5) is 0 Å². The Labute approximate surface area is 122 Å². The van der Waals surface area contributed by atoms with Crippen molar-refractivity contribution in [3.05, 3.63) is 48.0 Å². The van der Waals surface area contributed by atoms with Crippen LogP contribution in [0.3, 0.4) is 0 Å². The Morgan fingerprint density at radius 3 is 2.45 bits per heavy atom. The summed E-state index contributed by atoms with van der Waals surface area (Å²) in [5.41, 5.74) is 1.41. The summed E-state index contributed by atoms with van der Waals surface area (Å²) in [4.78, 5) is 11.1. The Morgan fingerprint density at radius 2 is 1.75 bits per heavy atom. The normalized spacial score (nSPS) is 10.8. The highest BCUT2D eigenvalue weighted by molar-refractivity contribution is 5.69. The zero-order chi connectivity index (χ0) is 14.5. The van der Waals surface area contributed by atoms with Gasteiger partial charge in [-0.1, -0.05) is 42.5 Å². The van der Waals surface area contributed by atoms with E-state index in [9.17, 15) is 4.79 Å². The van der Waals surface area contributed by atoms with E-state index in [4.69, 9.17) is 4.74 Å². The fourth-order valence-corrected chi connectivity index (χ4v) is 2.07. The average Bonchev–Trinajstić information content (AvgIpc) is 2.47. The van der Waals surface area contributed by atoms with E-state index in [1.165, 1.54) is 12.0 Å². The maximum atomic E-state index is 11.1. The smallest absolute Gasteiger partial charge is 0.305 e. The van der Waals surface area contributed by atoms with Crippen LogP contribution in [-0.2, 0) is 16.0 Å². The first kappa shape index (κ1) is 16.5. The van der Waals surface area contributed by atoms with Gasteiger partial charge in [0.15, 0.2) is 0 Å². The number of ether oxygens (including phenoxy) is 1. The minimum absolute atomic E-state index is 0.0701. The molecular weight excluding hydrogens is 248 g/mol. The third-order valence-corrected chi connectivity index (χ3v) is 3.15. The Bertz CT molecular complexity index is 382. The number of unbranched alkanes of at least 4 members (excludes halogenated alkanes) is 3. The molecule has 0 atom stereocenters. The molecule has 0 N–H and O–H groups in total. The first-order chi connectivity index (χ1) is 9.83. The van der Waals surface area contributed by atoms with Gasteiger partial charge in [-0.05, 0) is 51.0 Å². The van der Waals surface area contributed by atoms with E-state index in [1.54, 1.807) is 0 Å². The molecule has 0 amide bonds. The summed E-state index contributed by atoms with van der Waals surface area (Å²) < 4.78 is 4.89. The molecule has 0 aliphatic rings. The second kappa shape index (κ2) is 11.3. The first-order valence-electron chi connectivity index (χ1n) is 7.67. The average molecular weight is 274 g/mol. The molecule has 1 aromatic carbocycles. The Balaban J connectivity index is 1.93. The van der Waals surface area contributed by atoms with Gasteiger partial charge in [0.05, 0.1) is 6.61 Å². The van der Waals surface area contributed by atoms with Crippen LogP contribution in [-0.4, -0.2) is 12.6 Å². The lowest BCUT2D eigenvalue weighted by Gasteiger charge is -2.00. The van der Waals surface area contributed by atoms with Gasteiger partial charge >= 0.3 is 5.97 Å². The maximum Gasteiger partial charge on any atom is 0.305 e. The highest BCUT2D eigenvalue weighted by Gasteiger charge is 1.99. The van der Waals surface area contributed by atoms with Crippen molar-refractivity contribution < 1.29 is 9.53 Å². The summed E-state index contributed by atoms with van der Waals surface area (Å²) in [6.07, 6.45) is 11.6. The van der Waals surface area contributed by atoms with Crippen LogP contribution in [0.5, 0.6) is 0 Å². The van der Waals surface area contributed by atoms with E-state index >= 15 is 0 Å². The predicted octanol–water partition coefficient (Wildman–Crippen LogP) is 4.69. The zero-order valence-electron chi connectivity index (χ0n) is 12.5. The molecule has 20 heavy (non-hydrogen) atoms. The summed E-state index contributed by atoms with van der Waals surface area (Å²) in [7, 11) is 0. The van der Waals surface area contributed by atoms with Gasteiger partial charge in [-0.3, -0.25) is 4.79 Å². The molecule has 0 radical (unpaired) electrons. The molecule has 0 saturated heterocycles. The van der Waals surface area contributed by atoms with Gasteiger partial charge in [0, 0.05) is 6.42 Å². The zero-order valence-corrected chi connectivity index (χ0v) is 12.5. The van der Waals surface area contributed by atoms with Crippen LogP contribution in [0.15, 0.2) is 42.5 Å². The van der Waals surface area contributed by atoms with Crippen molar-refractivity contribution in [2.45, 2.75) is 51.9 Å². The SMILES string of the molecule is CCOC(=O)CCCC/C=C/CCCc1ccccc1. The summed E-state index contributed by atoms with van der Waals surface area (Å²) in [5, 5.41) is 0. The molecule has 1 aromatic rings. The van der Waals surface area contributed by atoms with Crippen LogP contribution < -0.4 is 0 Å². The lowest BCUT2D eigenvalue weighted by Crippen LogP contribution is -2.02. The van der Waals surface area contributed by atoms with Gasteiger partial charge < -0.3 is 4.74 Å². The number of hydrogen-bond acceptors (Lipinski definition) is 2. The highest BCUT2D eigenvalue weighted by Crippen LogP contribution is 2.06. The van der Waals surface area contributed by atoms with E-state index in [-0.39, 0.29) is 5.97 Å². The second-order valence-electron chi connectivity index (χ2n) is 4.90. The molecule has 2 heteroatoms. The molecule has 0 aromatic heterocycles. The molecule has 0 saturated carbocycles. The lowest BCUT2D eigenvalue weighted by atomic mass is 10.1. The number of allylic oxidation sites excluding steroid dienone is 2. The molecule has 0 spiro atoms. The monoisotopic (exact) mass is 274 g/mol. The third-order valence-electron chi connectivity index (χ3n) is 3.15. The molecule has 0 heterocycles. The molecule has 0 unspecified atom stereocenters. The van der Waals surface area contributed by atoms with Crippen LogP contribution in [0.2, 0.25) is 0 Å². The molecule has 0 aliphatic carbocycles. The number of hydrogen-bond donors (Lipinski definition) is 0. The molecular formula is C18H26O2.